The standard InChI is InChI=1S/C33H42ClN3O7S/c1-33(2)31(38)35-45(40,41)26-13-15-30-28(19-26)37(16-6-5-8-22-18-25(34)12-10-24(22)21-42-30)20-23-11-14-27(23)29(9-7-17-43-33)44-32(39)36(3)4/h7,9-10,12-13,15,18-19,23,27,29H,5-6,8,11,14,16-17,20-21H2,1-4H3,(H,35,38)/b9-7+/t23-,27+,29-/m0/s1. The van der Waals surface area contributed by atoms with Crippen molar-refractivity contribution in [3.05, 3.63) is 64.7 Å². The van der Waals surface area contributed by atoms with Crippen molar-refractivity contribution in [2.24, 2.45) is 11.8 Å². The number of aryl methyl sites for hydroxylation is 1. The molecule has 2 bridgehead atoms. The van der Waals surface area contributed by atoms with E-state index in [2.05, 4.69) is 9.62 Å². The van der Waals surface area contributed by atoms with Gasteiger partial charge in [0.2, 0.25) is 0 Å². The van der Waals surface area contributed by atoms with Gasteiger partial charge >= 0.3 is 6.09 Å². The maximum Gasteiger partial charge on any atom is 0.409 e. The second-order valence-electron chi connectivity index (χ2n) is 12.7. The lowest BCUT2D eigenvalue weighted by Crippen LogP contribution is -2.47. The summed E-state index contributed by atoms with van der Waals surface area (Å²) < 4.78 is 47.3. The van der Waals surface area contributed by atoms with Gasteiger partial charge in [0, 0.05) is 38.1 Å². The summed E-state index contributed by atoms with van der Waals surface area (Å²) in [6.07, 6.45) is 7.02. The van der Waals surface area contributed by atoms with E-state index in [9.17, 15) is 18.0 Å². The Morgan fingerprint density at radius 3 is 2.64 bits per heavy atom. The molecule has 1 N–H and O–H groups in total. The summed E-state index contributed by atoms with van der Waals surface area (Å²) in [5.41, 5.74) is 1.34. The van der Waals surface area contributed by atoms with Crippen LogP contribution in [0.5, 0.6) is 5.75 Å². The number of nitrogens with one attached hydrogen (secondary N) is 1. The minimum atomic E-state index is -4.23. The number of anilines is 1. The molecular weight excluding hydrogens is 618 g/mol. The zero-order chi connectivity index (χ0) is 32.4. The Bertz CT molecular complexity index is 1560. The van der Waals surface area contributed by atoms with Crippen LogP contribution in [0, 0.1) is 11.8 Å². The highest BCUT2D eigenvalue weighted by atomic mass is 35.5. The normalized spacial score (nSPS) is 25.5. The molecule has 1 fully saturated rings. The van der Waals surface area contributed by atoms with Gasteiger partial charge in [0.05, 0.1) is 17.2 Å². The van der Waals surface area contributed by atoms with Crippen molar-refractivity contribution in [1.29, 1.82) is 0 Å². The lowest BCUT2D eigenvalue weighted by Gasteiger charge is -2.43. The molecule has 3 atom stereocenters. The van der Waals surface area contributed by atoms with E-state index in [1.165, 1.54) is 24.8 Å². The van der Waals surface area contributed by atoms with Gasteiger partial charge in [-0.2, -0.15) is 0 Å². The molecule has 244 valence electrons. The first kappa shape index (κ1) is 33.1. The van der Waals surface area contributed by atoms with E-state index in [1.54, 1.807) is 32.3 Å². The van der Waals surface area contributed by atoms with E-state index in [0.29, 0.717) is 36.2 Å². The van der Waals surface area contributed by atoms with Gasteiger partial charge in [0.25, 0.3) is 15.9 Å². The number of benzene rings is 2. The summed E-state index contributed by atoms with van der Waals surface area (Å²) in [5.74, 6) is -0.0270. The number of sulfonamides is 1. The number of hydrogen-bond donors (Lipinski definition) is 1. The van der Waals surface area contributed by atoms with Crippen molar-refractivity contribution in [3.63, 3.8) is 0 Å². The smallest absolute Gasteiger partial charge is 0.409 e. The van der Waals surface area contributed by atoms with Crippen molar-refractivity contribution < 1.29 is 32.2 Å². The number of amides is 2. The molecule has 0 aromatic heterocycles. The molecule has 2 aliphatic heterocycles. The number of nitrogens with zero attached hydrogens (tertiary/aromatic N) is 2. The zero-order valence-corrected chi connectivity index (χ0v) is 27.8. The molecule has 1 saturated carbocycles. The molecule has 0 radical (unpaired) electrons. The first-order chi connectivity index (χ1) is 21.3. The summed E-state index contributed by atoms with van der Waals surface area (Å²) in [5, 5.41) is 0.676. The third-order valence-electron chi connectivity index (χ3n) is 8.85. The predicted octanol–water partition coefficient (Wildman–Crippen LogP) is 5.32. The van der Waals surface area contributed by atoms with E-state index in [0.717, 1.165) is 43.2 Å². The third-order valence-corrected chi connectivity index (χ3v) is 10.4. The van der Waals surface area contributed by atoms with Gasteiger partial charge in [0.1, 0.15) is 24.1 Å². The van der Waals surface area contributed by atoms with Crippen LogP contribution in [0.3, 0.4) is 0 Å². The van der Waals surface area contributed by atoms with Crippen LogP contribution in [0.25, 0.3) is 0 Å². The Kier molecular flexibility index (Phi) is 10.0. The van der Waals surface area contributed by atoms with Crippen LogP contribution in [0.1, 0.15) is 50.7 Å². The first-order valence-electron chi connectivity index (χ1n) is 15.4. The molecule has 12 heteroatoms. The highest BCUT2D eigenvalue weighted by Crippen LogP contribution is 2.42. The maximum atomic E-state index is 13.5. The second-order valence-corrected chi connectivity index (χ2v) is 14.8. The summed E-state index contributed by atoms with van der Waals surface area (Å²) in [6, 6.07) is 10.5. The van der Waals surface area contributed by atoms with E-state index < -0.39 is 33.7 Å². The monoisotopic (exact) mass is 659 g/mol. The van der Waals surface area contributed by atoms with Gasteiger partial charge in [-0.15, -0.1) is 0 Å². The van der Waals surface area contributed by atoms with Crippen LogP contribution in [0.2, 0.25) is 5.02 Å². The molecule has 2 aromatic carbocycles. The number of carbonyl (C=O) groups is 2. The molecule has 2 aromatic rings. The van der Waals surface area contributed by atoms with E-state index in [4.69, 9.17) is 25.8 Å². The molecule has 2 amide bonds. The minimum Gasteiger partial charge on any atom is -0.487 e. The highest BCUT2D eigenvalue weighted by molar-refractivity contribution is 7.90. The van der Waals surface area contributed by atoms with Gasteiger partial charge in [-0.3, -0.25) is 4.79 Å². The fraction of sp³-hybridized carbons (Fsp3) is 0.515. The van der Waals surface area contributed by atoms with Crippen LogP contribution in [0.15, 0.2) is 53.4 Å². The molecule has 5 rings (SSSR count). The second kappa shape index (κ2) is 13.6. The number of ether oxygens (including phenoxy) is 3. The van der Waals surface area contributed by atoms with Gasteiger partial charge in [-0.1, -0.05) is 23.7 Å². The zero-order valence-electron chi connectivity index (χ0n) is 26.3. The Morgan fingerprint density at radius 1 is 1.11 bits per heavy atom. The van der Waals surface area contributed by atoms with Crippen molar-refractivity contribution in [3.8, 4) is 5.75 Å². The Labute approximate surface area is 270 Å². The number of fused-ring (bicyclic) bond motifs is 3. The van der Waals surface area contributed by atoms with E-state index >= 15 is 0 Å². The third kappa shape index (κ3) is 7.76. The topological polar surface area (TPSA) is 114 Å². The lowest BCUT2D eigenvalue weighted by molar-refractivity contribution is -0.139. The largest absolute Gasteiger partial charge is 0.487 e. The Hall–Kier alpha value is -3.28. The van der Waals surface area contributed by atoms with Gasteiger partial charge < -0.3 is 24.0 Å². The fourth-order valence-electron chi connectivity index (χ4n) is 5.93. The Balaban J connectivity index is 1.56. The number of rotatable bonds is 1. The van der Waals surface area contributed by atoms with Gasteiger partial charge in [-0.25, -0.2) is 17.9 Å². The summed E-state index contributed by atoms with van der Waals surface area (Å²) >= 11 is 6.32. The van der Waals surface area contributed by atoms with Crippen LogP contribution < -0.4 is 14.4 Å². The summed E-state index contributed by atoms with van der Waals surface area (Å²) in [6.45, 7) is 4.62. The molecule has 2 heterocycles. The van der Waals surface area contributed by atoms with Crippen LogP contribution in [-0.2, 0) is 37.3 Å². The van der Waals surface area contributed by atoms with Crippen molar-refractivity contribution in [2.45, 2.75) is 69.2 Å². The molecule has 45 heavy (non-hydrogen) atoms. The molecule has 0 saturated heterocycles. The summed E-state index contributed by atoms with van der Waals surface area (Å²) in [4.78, 5) is 29.3. The van der Waals surface area contributed by atoms with Crippen LogP contribution >= 0.6 is 11.6 Å². The summed E-state index contributed by atoms with van der Waals surface area (Å²) in [7, 11) is -0.934. The molecule has 10 nitrogen and oxygen atoms in total. The van der Waals surface area contributed by atoms with E-state index in [1.807, 2.05) is 24.3 Å². The number of carbonyl (C=O) groups excluding carboxylic acids is 2. The molecule has 3 aliphatic rings. The minimum absolute atomic E-state index is 0.0315. The lowest BCUT2D eigenvalue weighted by atomic mass is 9.70. The molecule has 1 aliphatic carbocycles. The highest BCUT2D eigenvalue weighted by Gasteiger charge is 2.40. The number of hydrogen-bond acceptors (Lipinski definition) is 8. The van der Waals surface area contributed by atoms with Gasteiger partial charge in [0.15, 0.2) is 0 Å². The number of halogens is 1. The average Bonchev–Trinajstić information content (AvgIpc) is 2.99. The van der Waals surface area contributed by atoms with Crippen molar-refractivity contribution in [1.82, 2.24) is 9.62 Å². The molecule has 0 unspecified atom stereocenters. The van der Waals surface area contributed by atoms with Gasteiger partial charge in [-0.05, 0) is 99.4 Å². The van der Waals surface area contributed by atoms with Crippen molar-refractivity contribution in [2.75, 3.05) is 38.7 Å². The fourth-order valence-corrected chi connectivity index (χ4v) is 7.25. The first-order valence-corrected chi connectivity index (χ1v) is 17.2. The maximum absolute atomic E-state index is 13.5. The Morgan fingerprint density at radius 2 is 1.91 bits per heavy atom. The predicted molar refractivity (Wildman–Crippen MR) is 172 cm³/mol. The average molecular weight is 660 g/mol. The van der Waals surface area contributed by atoms with Crippen LogP contribution in [0.4, 0.5) is 10.5 Å². The van der Waals surface area contributed by atoms with E-state index in [-0.39, 0.29) is 23.3 Å². The van der Waals surface area contributed by atoms with Crippen molar-refractivity contribution >= 4 is 39.3 Å². The quantitative estimate of drug-likeness (QED) is 0.409. The van der Waals surface area contributed by atoms with Crippen LogP contribution in [-0.4, -0.2) is 70.8 Å². The molecule has 0 spiro atoms. The SMILES string of the molecule is CN(C)C(=O)O[C@H]1/C=C/COC(C)(C)C(=O)NS(=O)(=O)c2ccc3c(c2)N(CCCCc2cc(Cl)ccc2CO3)C[C@@H]2CC[C@H]21. The molecular formula is C33H42ClN3O7S.